The minimum absolute atomic E-state index is 0.0811. The van der Waals surface area contributed by atoms with Gasteiger partial charge in [0.05, 0.1) is 12.1 Å². The van der Waals surface area contributed by atoms with E-state index in [1.165, 1.54) is 27.6 Å². The second-order valence-electron chi connectivity index (χ2n) is 9.75. The molecule has 6 rings (SSSR count). The van der Waals surface area contributed by atoms with Gasteiger partial charge in [-0.05, 0) is 80.2 Å². The lowest BCUT2D eigenvalue weighted by Crippen LogP contribution is -2.45. The van der Waals surface area contributed by atoms with Crippen LogP contribution in [0.4, 0.5) is 0 Å². The number of likely N-dealkylation sites (tertiary alicyclic amines) is 1. The van der Waals surface area contributed by atoms with Crippen LogP contribution in [0, 0.1) is 0 Å². The van der Waals surface area contributed by atoms with Gasteiger partial charge in [-0.2, -0.15) is 0 Å². The number of hydrogen-bond acceptors (Lipinski definition) is 5. The summed E-state index contributed by atoms with van der Waals surface area (Å²) in [5.74, 6) is 0. The van der Waals surface area contributed by atoms with Crippen LogP contribution in [0.1, 0.15) is 42.0 Å². The number of aliphatic hydroxyl groups excluding tert-OH is 1. The first-order valence-corrected chi connectivity index (χ1v) is 12.4. The molecule has 1 aliphatic carbocycles. The first-order valence-electron chi connectivity index (χ1n) is 12.4. The number of aryl methyl sites for hydroxylation is 1. The van der Waals surface area contributed by atoms with Crippen LogP contribution in [0.5, 0.6) is 0 Å². The van der Waals surface area contributed by atoms with Crippen LogP contribution in [0.2, 0.25) is 0 Å². The summed E-state index contributed by atoms with van der Waals surface area (Å²) in [7, 11) is 0. The van der Waals surface area contributed by atoms with Gasteiger partial charge in [0.25, 0.3) is 0 Å². The van der Waals surface area contributed by atoms with E-state index in [2.05, 4.69) is 74.1 Å². The van der Waals surface area contributed by atoms with E-state index in [4.69, 9.17) is 0 Å². The molecule has 3 heterocycles. The lowest BCUT2D eigenvalue weighted by molar-refractivity contribution is 0.119. The Morgan fingerprint density at radius 1 is 1.06 bits per heavy atom. The first kappa shape index (κ1) is 21.5. The Balaban J connectivity index is 1.01. The quantitative estimate of drug-likeness (QED) is 0.397. The van der Waals surface area contributed by atoms with Crippen LogP contribution in [-0.4, -0.2) is 61.5 Å². The Kier molecular flexibility index (Phi) is 5.91. The van der Waals surface area contributed by atoms with Crippen molar-refractivity contribution >= 4 is 10.9 Å². The zero-order valence-corrected chi connectivity index (χ0v) is 19.4. The number of rotatable bonds is 7. The Labute approximate surface area is 199 Å². The first-order chi connectivity index (χ1) is 16.7. The maximum Gasteiger partial charge on any atom is 0.123 e. The predicted molar refractivity (Wildman–Crippen MR) is 133 cm³/mol. The minimum atomic E-state index is -0.308. The number of hydrogen-bond donors (Lipinski definition) is 3. The molecule has 0 amide bonds. The lowest BCUT2D eigenvalue weighted by Gasteiger charge is -2.34. The number of H-pyrrole nitrogens is 1. The van der Waals surface area contributed by atoms with Gasteiger partial charge in [-0.25, -0.2) is 0 Å². The van der Waals surface area contributed by atoms with Crippen LogP contribution in [-0.2, 0) is 12.8 Å². The Bertz CT molecular complexity index is 1240. The average molecular weight is 457 g/mol. The molecule has 0 unspecified atom stereocenters. The molecule has 2 aromatic heterocycles. The molecular weight excluding hydrogens is 424 g/mol. The van der Waals surface area contributed by atoms with Crippen molar-refractivity contribution in [1.29, 1.82) is 0 Å². The molecule has 1 aliphatic heterocycles. The standard InChI is InChI=1S/C27H32N6O/c34-26-14-19-4-1-2-6-23(19)27(26)31-21-9-12-32(13-10-21)11-3-5-20-16-28-25-8-7-22(15-24(20)25)33-17-29-30-18-33/h1-2,4,6-8,15-18,21,26-28,31,34H,3,5,9-14H2/t26-,27-/m1/s1. The molecule has 2 atom stereocenters. The summed E-state index contributed by atoms with van der Waals surface area (Å²) >= 11 is 0. The highest BCUT2D eigenvalue weighted by Gasteiger charge is 2.33. The molecule has 1 fully saturated rings. The molecule has 1 saturated heterocycles. The topological polar surface area (TPSA) is 82.0 Å². The fourth-order valence-corrected chi connectivity index (χ4v) is 5.71. The summed E-state index contributed by atoms with van der Waals surface area (Å²) in [6.45, 7) is 3.36. The maximum absolute atomic E-state index is 10.6. The number of nitrogens with one attached hydrogen (secondary N) is 2. The van der Waals surface area contributed by atoms with E-state index in [9.17, 15) is 5.11 Å². The fraction of sp³-hybridized carbons (Fsp3) is 0.407. The summed E-state index contributed by atoms with van der Waals surface area (Å²) in [4.78, 5) is 6.01. The molecule has 176 valence electrons. The molecule has 0 bridgehead atoms. The number of aromatic amines is 1. The molecule has 0 spiro atoms. The highest BCUT2D eigenvalue weighted by Crippen LogP contribution is 2.32. The number of benzene rings is 2. The van der Waals surface area contributed by atoms with Gasteiger partial charge in [0, 0.05) is 35.2 Å². The van der Waals surface area contributed by atoms with Crippen LogP contribution in [0.15, 0.2) is 61.3 Å². The van der Waals surface area contributed by atoms with Gasteiger partial charge in [0.15, 0.2) is 0 Å². The summed E-state index contributed by atoms with van der Waals surface area (Å²) in [6.07, 6.45) is 10.6. The van der Waals surface area contributed by atoms with Crippen molar-refractivity contribution in [2.75, 3.05) is 19.6 Å². The molecule has 0 saturated carbocycles. The summed E-state index contributed by atoms with van der Waals surface area (Å²) in [5, 5.41) is 23.5. The van der Waals surface area contributed by atoms with Crippen LogP contribution >= 0.6 is 0 Å². The second kappa shape index (κ2) is 9.33. The van der Waals surface area contributed by atoms with E-state index in [0.29, 0.717) is 6.04 Å². The molecule has 3 N–H and O–H groups in total. The average Bonchev–Trinajstić information content (AvgIpc) is 3.60. The van der Waals surface area contributed by atoms with E-state index in [-0.39, 0.29) is 12.1 Å². The molecule has 7 nitrogen and oxygen atoms in total. The highest BCUT2D eigenvalue weighted by atomic mass is 16.3. The summed E-state index contributed by atoms with van der Waals surface area (Å²) in [6, 6.07) is 15.5. The number of nitrogens with zero attached hydrogens (tertiary/aromatic N) is 4. The van der Waals surface area contributed by atoms with Gasteiger partial charge in [0.2, 0.25) is 0 Å². The molecule has 2 aromatic carbocycles. The fourth-order valence-electron chi connectivity index (χ4n) is 5.71. The highest BCUT2D eigenvalue weighted by molar-refractivity contribution is 5.85. The predicted octanol–water partition coefficient (Wildman–Crippen LogP) is 3.39. The van der Waals surface area contributed by atoms with Gasteiger partial charge in [0.1, 0.15) is 12.7 Å². The van der Waals surface area contributed by atoms with Crippen molar-refractivity contribution in [1.82, 2.24) is 30.0 Å². The largest absolute Gasteiger partial charge is 0.391 e. The summed E-state index contributed by atoms with van der Waals surface area (Å²) < 4.78 is 1.94. The molecule has 34 heavy (non-hydrogen) atoms. The van der Waals surface area contributed by atoms with Gasteiger partial charge >= 0.3 is 0 Å². The molecular formula is C27H32N6O. The van der Waals surface area contributed by atoms with Crippen LogP contribution in [0.3, 0.4) is 0 Å². The lowest BCUT2D eigenvalue weighted by atomic mass is 10.0. The minimum Gasteiger partial charge on any atom is -0.391 e. The zero-order valence-electron chi connectivity index (χ0n) is 19.4. The van der Waals surface area contributed by atoms with E-state index in [1.807, 2.05) is 4.57 Å². The number of aliphatic hydroxyl groups is 1. The number of piperidine rings is 1. The normalized spacial score (nSPS) is 21.3. The van der Waals surface area contributed by atoms with Crippen molar-refractivity contribution in [2.24, 2.45) is 0 Å². The van der Waals surface area contributed by atoms with Gasteiger partial charge in [-0.15, -0.1) is 10.2 Å². The van der Waals surface area contributed by atoms with Crippen molar-refractivity contribution < 1.29 is 5.11 Å². The number of fused-ring (bicyclic) bond motifs is 2. The third kappa shape index (κ3) is 4.27. The zero-order chi connectivity index (χ0) is 22.9. The molecule has 4 aromatic rings. The Hall–Kier alpha value is -3.00. The van der Waals surface area contributed by atoms with Crippen molar-refractivity contribution in [2.45, 2.75) is 50.3 Å². The van der Waals surface area contributed by atoms with Gasteiger partial charge in [-0.3, -0.25) is 4.57 Å². The monoisotopic (exact) mass is 456 g/mol. The third-order valence-corrected chi connectivity index (χ3v) is 7.60. The van der Waals surface area contributed by atoms with E-state index < -0.39 is 0 Å². The second-order valence-corrected chi connectivity index (χ2v) is 9.75. The molecule has 2 aliphatic rings. The van der Waals surface area contributed by atoms with Gasteiger partial charge < -0.3 is 20.3 Å². The van der Waals surface area contributed by atoms with Crippen molar-refractivity contribution in [3.8, 4) is 5.69 Å². The Morgan fingerprint density at radius 3 is 2.74 bits per heavy atom. The molecule has 7 heteroatoms. The van der Waals surface area contributed by atoms with E-state index >= 15 is 0 Å². The third-order valence-electron chi connectivity index (χ3n) is 7.60. The SMILES string of the molecule is O[C@@H]1Cc2ccccc2[C@H]1NC1CCN(CCCc2c[nH]c3ccc(-n4cnnc4)cc23)CC1. The maximum atomic E-state index is 10.6. The van der Waals surface area contributed by atoms with Crippen LogP contribution in [0.25, 0.3) is 16.6 Å². The summed E-state index contributed by atoms with van der Waals surface area (Å²) in [5.41, 5.74) is 6.20. The van der Waals surface area contributed by atoms with E-state index in [0.717, 1.165) is 57.4 Å². The molecule has 0 radical (unpaired) electrons. The Morgan fingerprint density at radius 2 is 1.88 bits per heavy atom. The van der Waals surface area contributed by atoms with Crippen molar-refractivity contribution in [3.05, 3.63) is 78.0 Å². The van der Waals surface area contributed by atoms with Gasteiger partial charge in [-0.1, -0.05) is 24.3 Å². The van der Waals surface area contributed by atoms with E-state index in [1.54, 1.807) is 12.7 Å². The number of aromatic nitrogens is 4. The smallest absolute Gasteiger partial charge is 0.123 e. The van der Waals surface area contributed by atoms with Crippen molar-refractivity contribution in [3.63, 3.8) is 0 Å². The van der Waals surface area contributed by atoms with Crippen LogP contribution < -0.4 is 5.32 Å².